The molecule has 1 aromatic rings. The predicted molar refractivity (Wildman–Crippen MR) is 68.3 cm³/mol. The van der Waals surface area contributed by atoms with Gasteiger partial charge in [0.1, 0.15) is 6.04 Å². The quantitative estimate of drug-likeness (QED) is 0.865. The van der Waals surface area contributed by atoms with Gasteiger partial charge in [0.25, 0.3) is 0 Å². The molecule has 1 aromatic carbocycles. The summed E-state index contributed by atoms with van der Waals surface area (Å²) in [7, 11) is 0. The predicted octanol–water partition coefficient (Wildman–Crippen LogP) is 1.94. The summed E-state index contributed by atoms with van der Waals surface area (Å²) in [6, 6.07) is 9.09. The van der Waals surface area contributed by atoms with E-state index >= 15 is 0 Å². The van der Waals surface area contributed by atoms with Crippen molar-refractivity contribution in [3.05, 3.63) is 35.9 Å². The average Bonchev–Trinajstić information content (AvgIpc) is 2.87. The Bertz CT molecular complexity index is 377. The number of nitrogens with zero attached hydrogens (tertiary/aromatic N) is 1. The molecule has 1 amide bonds. The van der Waals surface area contributed by atoms with Crippen molar-refractivity contribution in [2.24, 2.45) is 11.7 Å². The highest BCUT2D eigenvalue weighted by Gasteiger charge is 2.28. The summed E-state index contributed by atoms with van der Waals surface area (Å²) < 4.78 is 0. The molecule has 1 unspecified atom stereocenters. The van der Waals surface area contributed by atoms with E-state index < -0.39 is 6.04 Å². The Kier molecular flexibility index (Phi) is 3.79. The monoisotopic (exact) mass is 232 g/mol. The summed E-state index contributed by atoms with van der Waals surface area (Å²) in [6.07, 6.45) is 2.26. The molecule has 1 saturated heterocycles. The van der Waals surface area contributed by atoms with E-state index in [0.29, 0.717) is 5.92 Å². The molecule has 92 valence electrons. The van der Waals surface area contributed by atoms with Crippen molar-refractivity contribution >= 4 is 5.91 Å². The van der Waals surface area contributed by atoms with E-state index in [1.54, 1.807) is 0 Å². The third-order valence-electron chi connectivity index (χ3n) is 3.60. The van der Waals surface area contributed by atoms with Crippen LogP contribution >= 0.6 is 0 Å². The molecule has 2 rings (SSSR count). The minimum atomic E-state index is -0.508. The second kappa shape index (κ2) is 5.32. The topological polar surface area (TPSA) is 46.3 Å². The van der Waals surface area contributed by atoms with Crippen molar-refractivity contribution in [1.29, 1.82) is 0 Å². The van der Waals surface area contributed by atoms with E-state index in [4.69, 9.17) is 5.73 Å². The largest absolute Gasteiger partial charge is 0.341 e. The zero-order valence-electron chi connectivity index (χ0n) is 10.3. The van der Waals surface area contributed by atoms with Gasteiger partial charge in [-0.1, -0.05) is 43.7 Å². The minimum Gasteiger partial charge on any atom is -0.341 e. The van der Waals surface area contributed by atoms with Crippen LogP contribution in [0.25, 0.3) is 0 Å². The Morgan fingerprint density at radius 3 is 2.76 bits per heavy atom. The van der Waals surface area contributed by atoms with E-state index in [1.807, 2.05) is 35.2 Å². The zero-order chi connectivity index (χ0) is 12.3. The summed E-state index contributed by atoms with van der Waals surface area (Å²) in [5, 5.41) is 0. The molecule has 3 nitrogen and oxygen atoms in total. The lowest BCUT2D eigenvalue weighted by Gasteiger charge is -2.21. The Morgan fingerprint density at radius 1 is 1.47 bits per heavy atom. The Labute approximate surface area is 103 Å². The van der Waals surface area contributed by atoms with Gasteiger partial charge in [-0.2, -0.15) is 0 Å². The van der Waals surface area contributed by atoms with Crippen LogP contribution in [0.1, 0.15) is 31.4 Å². The normalized spacial score (nSPS) is 21.5. The van der Waals surface area contributed by atoms with E-state index in [-0.39, 0.29) is 5.91 Å². The molecule has 17 heavy (non-hydrogen) atoms. The Hall–Kier alpha value is -1.35. The maximum atomic E-state index is 12.2. The summed E-state index contributed by atoms with van der Waals surface area (Å²) in [5.41, 5.74) is 6.91. The van der Waals surface area contributed by atoms with Crippen LogP contribution in [0.4, 0.5) is 0 Å². The molecule has 2 N–H and O–H groups in total. The molecule has 0 aromatic heterocycles. The number of hydrogen-bond acceptors (Lipinski definition) is 2. The van der Waals surface area contributed by atoms with Gasteiger partial charge in [0, 0.05) is 13.1 Å². The van der Waals surface area contributed by atoms with Crippen LogP contribution in [0.2, 0.25) is 0 Å². The number of likely N-dealkylation sites (tertiary alicyclic amines) is 1. The van der Waals surface area contributed by atoms with Gasteiger partial charge in [-0.15, -0.1) is 0 Å². The fraction of sp³-hybridized carbons (Fsp3) is 0.500. The minimum absolute atomic E-state index is 0.0622. The van der Waals surface area contributed by atoms with E-state index in [2.05, 4.69) is 6.92 Å². The van der Waals surface area contributed by atoms with Gasteiger partial charge >= 0.3 is 0 Å². The van der Waals surface area contributed by atoms with E-state index in [9.17, 15) is 4.79 Å². The van der Waals surface area contributed by atoms with Crippen molar-refractivity contribution in [3.8, 4) is 0 Å². The Morgan fingerprint density at radius 2 is 2.18 bits per heavy atom. The number of hydrogen-bond donors (Lipinski definition) is 1. The lowest BCUT2D eigenvalue weighted by molar-refractivity contribution is -0.131. The molecule has 3 heteroatoms. The summed E-state index contributed by atoms with van der Waals surface area (Å²) >= 11 is 0. The number of rotatable bonds is 3. The van der Waals surface area contributed by atoms with Gasteiger partial charge in [-0.25, -0.2) is 0 Å². The van der Waals surface area contributed by atoms with Crippen LogP contribution in [-0.4, -0.2) is 23.9 Å². The smallest absolute Gasteiger partial charge is 0.244 e. The molecule has 0 spiro atoms. The lowest BCUT2D eigenvalue weighted by atomic mass is 10.1. The average molecular weight is 232 g/mol. The van der Waals surface area contributed by atoms with Crippen molar-refractivity contribution in [2.45, 2.75) is 25.8 Å². The maximum absolute atomic E-state index is 12.2. The number of benzene rings is 1. The summed E-state index contributed by atoms with van der Waals surface area (Å²) in [4.78, 5) is 14.1. The van der Waals surface area contributed by atoms with Crippen LogP contribution < -0.4 is 5.73 Å². The molecule has 0 bridgehead atoms. The van der Waals surface area contributed by atoms with Gasteiger partial charge in [-0.05, 0) is 17.9 Å². The number of amides is 1. The number of carbonyl (C=O) groups is 1. The first kappa shape index (κ1) is 12.1. The third-order valence-corrected chi connectivity index (χ3v) is 3.60. The van der Waals surface area contributed by atoms with Crippen LogP contribution in [0.3, 0.4) is 0 Å². The first-order valence-corrected chi connectivity index (χ1v) is 6.31. The molecule has 2 atom stereocenters. The highest BCUT2D eigenvalue weighted by molar-refractivity contribution is 5.83. The number of carbonyl (C=O) groups excluding carboxylic acids is 1. The highest BCUT2D eigenvalue weighted by Crippen LogP contribution is 2.22. The van der Waals surface area contributed by atoms with Crippen LogP contribution in [-0.2, 0) is 4.79 Å². The van der Waals surface area contributed by atoms with Crippen molar-refractivity contribution in [1.82, 2.24) is 4.90 Å². The standard InChI is InChI=1S/C14H20N2O/c1-2-11-8-9-16(10-11)14(17)13(15)12-6-4-3-5-7-12/h3-7,11,13H,2,8-10,15H2,1H3/t11?,13-/m0/s1. The van der Waals surface area contributed by atoms with Gasteiger partial charge in [0.2, 0.25) is 5.91 Å². The lowest BCUT2D eigenvalue weighted by Crippen LogP contribution is -2.37. The maximum Gasteiger partial charge on any atom is 0.244 e. The summed E-state index contributed by atoms with van der Waals surface area (Å²) in [5.74, 6) is 0.717. The highest BCUT2D eigenvalue weighted by atomic mass is 16.2. The summed E-state index contributed by atoms with van der Waals surface area (Å²) in [6.45, 7) is 3.91. The zero-order valence-corrected chi connectivity index (χ0v) is 10.3. The molecule has 0 radical (unpaired) electrons. The first-order chi connectivity index (χ1) is 8.22. The van der Waals surface area contributed by atoms with Gasteiger partial charge < -0.3 is 10.6 Å². The molecular weight excluding hydrogens is 212 g/mol. The molecule has 0 aliphatic carbocycles. The second-order valence-corrected chi connectivity index (χ2v) is 4.74. The second-order valence-electron chi connectivity index (χ2n) is 4.74. The fourth-order valence-electron chi connectivity index (χ4n) is 2.37. The fourth-order valence-corrected chi connectivity index (χ4v) is 2.37. The van der Waals surface area contributed by atoms with E-state index in [0.717, 1.165) is 31.5 Å². The first-order valence-electron chi connectivity index (χ1n) is 6.31. The molecule has 1 heterocycles. The Balaban J connectivity index is 2.01. The molecular formula is C14H20N2O. The molecule has 1 fully saturated rings. The molecule has 1 aliphatic heterocycles. The van der Waals surface area contributed by atoms with E-state index in [1.165, 1.54) is 0 Å². The molecule has 0 saturated carbocycles. The van der Waals surface area contributed by atoms with Gasteiger partial charge in [0.15, 0.2) is 0 Å². The van der Waals surface area contributed by atoms with Crippen LogP contribution in [0, 0.1) is 5.92 Å². The van der Waals surface area contributed by atoms with Crippen molar-refractivity contribution < 1.29 is 4.79 Å². The molecule has 1 aliphatic rings. The number of nitrogens with two attached hydrogens (primary N) is 1. The SMILES string of the molecule is CCC1CCN(C(=O)[C@@H](N)c2ccccc2)C1. The van der Waals surface area contributed by atoms with Crippen LogP contribution in [0.15, 0.2) is 30.3 Å². The van der Waals surface area contributed by atoms with Crippen molar-refractivity contribution in [3.63, 3.8) is 0 Å². The van der Waals surface area contributed by atoms with Crippen LogP contribution in [0.5, 0.6) is 0 Å². The van der Waals surface area contributed by atoms with Crippen molar-refractivity contribution in [2.75, 3.05) is 13.1 Å². The van der Waals surface area contributed by atoms with Gasteiger partial charge in [0.05, 0.1) is 0 Å². The van der Waals surface area contributed by atoms with Gasteiger partial charge in [-0.3, -0.25) is 4.79 Å². The third kappa shape index (κ3) is 2.67.